The molecule has 17 heavy (non-hydrogen) atoms. The van der Waals surface area contributed by atoms with Crippen molar-refractivity contribution in [1.29, 1.82) is 0 Å². The van der Waals surface area contributed by atoms with Gasteiger partial charge in [0.25, 0.3) is 0 Å². The molecule has 0 fully saturated rings. The molecule has 1 aromatic rings. The molecule has 2 atom stereocenters. The fraction of sp³-hybridized carbons (Fsp3) is 0.769. The Morgan fingerprint density at radius 1 is 1.41 bits per heavy atom. The third kappa shape index (κ3) is 2.47. The molecule has 0 aromatic carbocycles. The minimum atomic E-state index is 0.159. The van der Waals surface area contributed by atoms with E-state index in [0.717, 1.165) is 23.7 Å². The summed E-state index contributed by atoms with van der Waals surface area (Å²) in [6, 6.07) is 0.672. The Kier molecular flexibility index (Phi) is 3.73. The lowest BCUT2D eigenvalue weighted by Gasteiger charge is -2.27. The number of nitrogens with two attached hydrogens (primary N) is 1. The Hall–Kier alpha value is -0.610. The monoisotopic (exact) mass is 253 g/mol. The average Bonchev–Trinajstić information content (AvgIpc) is 2.72. The second kappa shape index (κ2) is 4.94. The third-order valence-electron chi connectivity index (χ3n) is 3.86. The van der Waals surface area contributed by atoms with Crippen molar-refractivity contribution in [2.75, 3.05) is 11.9 Å². The summed E-state index contributed by atoms with van der Waals surface area (Å²) in [5.41, 5.74) is 7.27. The lowest BCUT2D eigenvalue weighted by Crippen LogP contribution is -2.33. The van der Waals surface area contributed by atoms with Gasteiger partial charge in [0.05, 0.1) is 5.69 Å². The number of nitrogens with zero attached hydrogens (tertiary/aromatic N) is 2. The van der Waals surface area contributed by atoms with Crippen LogP contribution >= 0.6 is 11.3 Å². The van der Waals surface area contributed by atoms with E-state index < -0.39 is 0 Å². The van der Waals surface area contributed by atoms with Crippen LogP contribution in [0.15, 0.2) is 0 Å². The van der Waals surface area contributed by atoms with Gasteiger partial charge in [-0.1, -0.05) is 13.8 Å². The van der Waals surface area contributed by atoms with Crippen LogP contribution in [0.1, 0.15) is 50.2 Å². The van der Waals surface area contributed by atoms with Crippen LogP contribution in [-0.4, -0.2) is 18.1 Å². The van der Waals surface area contributed by atoms with Crippen LogP contribution in [-0.2, 0) is 6.42 Å². The summed E-state index contributed by atoms with van der Waals surface area (Å²) < 4.78 is 0. The second-order valence-electron chi connectivity index (χ2n) is 5.40. The molecule has 0 amide bonds. The largest absolute Gasteiger partial charge is 0.348 e. The Labute approximate surface area is 108 Å². The fourth-order valence-electron chi connectivity index (χ4n) is 2.21. The molecule has 0 saturated heterocycles. The molecule has 0 bridgehead atoms. The Balaban J connectivity index is 2.23. The molecule has 4 heteroatoms. The summed E-state index contributed by atoms with van der Waals surface area (Å²) in [5.74, 6) is 0.634. The van der Waals surface area contributed by atoms with E-state index in [-0.39, 0.29) is 6.04 Å². The van der Waals surface area contributed by atoms with Crippen LogP contribution in [0.5, 0.6) is 0 Å². The van der Waals surface area contributed by atoms with Crippen LogP contribution < -0.4 is 10.6 Å². The van der Waals surface area contributed by atoms with E-state index in [1.54, 1.807) is 0 Å². The van der Waals surface area contributed by atoms with Gasteiger partial charge in [0.2, 0.25) is 0 Å². The van der Waals surface area contributed by atoms with Crippen molar-refractivity contribution in [2.24, 2.45) is 11.7 Å². The van der Waals surface area contributed by atoms with Crippen molar-refractivity contribution < 1.29 is 0 Å². The van der Waals surface area contributed by atoms with E-state index in [9.17, 15) is 0 Å². The maximum absolute atomic E-state index is 6.12. The quantitative estimate of drug-likeness (QED) is 0.900. The topological polar surface area (TPSA) is 42.2 Å². The highest BCUT2D eigenvalue weighted by atomic mass is 32.1. The van der Waals surface area contributed by atoms with Crippen LogP contribution in [0.2, 0.25) is 0 Å². The van der Waals surface area contributed by atoms with Crippen LogP contribution in [0.3, 0.4) is 0 Å². The third-order valence-corrected chi connectivity index (χ3v) is 5.09. The number of hydrogen-bond acceptors (Lipinski definition) is 4. The molecule has 0 saturated carbocycles. The number of aryl methyl sites for hydroxylation is 1. The van der Waals surface area contributed by atoms with E-state index in [4.69, 9.17) is 10.7 Å². The van der Waals surface area contributed by atoms with Gasteiger partial charge in [-0.05, 0) is 32.1 Å². The van der Waals surface area contributed by atoms with Gasteiger partial charge in [-0.3, -0.25) is 0 Å². The zero-order valence-electron chi connectivity index (χ0n) is 11.2. The lowest BCUT2D eigenvalue weighted by atomic mass is 9.99. The van der Waals surface area contributed by atoms with Gasteiger partial charge in [0.15, 0.2) is 5.13 Å². The van der Waals surface area contributed by atoms with Gasteiger partial charge in [0.1, 0.15) is 0 Å². The molecule has 0 spiro atoms. The number of fused-ring (bicyclic) bond motifs is 1. The first-order valence-corrected chi connectivity index (χ1v) is 7.30. The molecule has 1 aliphatic carbocycles. The van der Waals surface area contributed by atoms with Crippen LogP contribution in [0, 0.1) is 5.92 Å². The van der Waals surface area contributed by atoms with Crippen molar-refractivity contribution in [1.82, 2.24) is 4.98 Å². The number of thiazole rings is 1. The molecule has 0 radical (unpaired) electrons. The zero-order valence-corrected chi connectivity index (χ0v) is 12.0. The van der Waals surface area contributed by atoms with Crippen LogP contribution in [0.25, 0.3) is 0 Å². The van der Waals surface area contributed by atoms with Crippen molar-refractivity contribution in [3.8, 4) is 0 Å². The Morgan fingerprint density at radius 3 is 2.71 bits per heavy atom. The summed E-state index contributed by atoms with van der Waals surface area (Å²) >= 11 is 1.83. The molecule has 2 N–H and O–H groups in total. The number of hydrogen-bond donors (Lipinski definition) is 1. The van der Waals surface area contributed by atoms with E-state index in [1.165, 1.54) is 11.3 Å². The highest BCUT2D eigenvalue weighted by Crippen LogP contribution is 2.36. The fourth-order valence-corrected chi connectivity index (χ4v) is 3.43. The second-order valence-corrected chi connectivity index (χ2v) is 6.46. The molecular weight excluding hydrogens is 230 g/mol. The van der Waals surface area contributed by atoms with Crippen LogP contribution in [0.4, 0.5) is 5.13 Å². The molecular formula is C13H23N3S. The van der Waals surface area contributed by atoms with E-state index in [1.807, 2.05) is 11.3 Å². The highest BCUT2D eigenvalue weighted by molar-refractivity contribution is 7.15. The Bertz CT molecular complexity index is 386. The first kappa shape index (κ1) is 12.8. The molecule has 0 aliphatic heterocycles. The summed E-state index contributed by atoms with van der Waals surface area (Å²) in [6.45, 7) is 6.76. The first-order chi connectivity index (χ1) is 8.00. The molecule has 3 nitrogen and oxygen atoms in total. The van der Waals surface area contributed by atoms with Gasteiger partial charge < -0.3 is 10.6 Å². The van der Waals surface area contributed by atoms with E-state index in [0.29, 0.717) is 12.0 Å². The van der Waals surface area contributed by atoms with Gasteiger partial charge in [-0.25, -0.2) is 4.98 Å². The summed E-state index contributed by atoms with van der Waals surface area (Å²) in [7, 11) is 2.14. The Morgan fingerprint density at radius 2 is 2.12 bits per heavy atom. The minimum Gasteiger partial charge on any atom is -0.348 e. The van der Waals surface area contributed by atoms with Gasteiger partial charge in [-0.15, -0.1) is 11.3 Å². The highest BCUT2D eigenvalue weighted by Gasteiger charge is 2.24. The molecule has 2 rings (SSSR count). The van der Waals surface area contributed by atoms with Gasteiger partial charge in [-0.2, -0.15) is 0 Å². The normalized spacial score (nSPS) is 21.4. The molecule has 2 unspecified atom stereocenters. The number of anilines is 1. The summed E-state index contributed by atoms with van der Waals surface area (Å²) in [6.07, 6.45) is 3.45. The number of rotatable bonds is 3. The summed E-state index contributed by atoms with van der Waals surface area (Å²) in [4.78, 5) is 8.45. The molecule has 96 valence electrons. The van der Waals surface area contributed by atoms with Gasteiger partial charge in [0, 0.05) is 24.0 Å². The maximum Gasteiger partial charge on any atom is 0.185 e. The standard InChI is InChI=1S/C13H23N3S/c1-8(2)9(3)16(4)13-15-12-10(14)6-5-7-11(12)17-13/h8-10H,5-7,14H2,1-4H3. The maximum atomic E-state index is 6.12. The predicted octanol–water partition coefficient (Wildman–Crippen LogP) is 2.96. The van der Waals surface area contributed by atoms with Crippen molar-refractivity contribution in [3.63, 3.8) is 0 Å². The van der Waals surface area contributed by atoms with Crippen molar-refractivity contribution >= 4 is 16.5 Å². The summed E-state index contributed by atoms with van der Waals surface area (Å²) in [5, 5.41) is 1.13. The molecule has 1 heterocycles. The van der Waals surface area contributed by atoms with Gasteiger partial charge >= 0.3 is 0 Å². The molecule has 1 aliphatic rings. The molecule has 1 aromatic heterocycles. The number of aromatic nitrogens is 1. The van der Waals surface area contributed by atoms with E-state index >= 15 is 0 Å². The average molecular weight is 253 g/mol. The smallest absolute Gasteiger partial charge is 0.185 e. The zero-order chi connectivity index (χ0) is 12.6. The lowest BCUT2D eigenvalue weighted by molar-refractivity contribution is 0.503. The predicted molar refractivity (Wildman–Crippen MR) is 74.7 cm³/mol. The first-order valence-electron chi connectivity index (χ1n) is 6.48. The van der Waals surface area contributed by atoms with Crippen molar-refractivity contribution in [2.45, 2.75) is 52.1 Å². The SMILES string of the molecule is CC(C)C(C)N(C)c1nc2c(s1)CCCC2N. The minimum absolute atomic E-state index is 0.159. The van der Waals surface area contributed by atoms with E-state index in [2.05, 4.69) is 32.7 Å². The van der Waals surface area contributed by atoms with Crippen molar-refractivity contribution in [3.05, 3.63) is 10.6 Å².